The van der Waals surface area contributed by atoms with Gasteiger partial charge >= 0.3 is 0 Å². The smallest absolute Gasteiger partial charge is 0.123 e. The molecular formula is C18H25FN4. The van der Waals surface area contributed by atoms with Crippen LogP contribution in [0, 0.1) is 12.7 Å². The molecule has 23 heavy (non-hydrogen) atoms. The lowest BCUT2D eigenvalue weighted by Crippen LogP contribution is -2.26. The number of aryl methyl sites for hydroxylation is 3. The molecule has 0 fully saturated rings. The van der Waals surface area contributed by atoms with E-state index >= 15 is 0 Å². The largest absolute Gasteiger partial charge is 0.384 e. The molecule has 5 heteroatoms. The van der Waals surface area contributed by atoms with Crippen molar-refractivity contribution in [2.75, 3.05) is 26.4 Å². The van der Waals surface area contributed by atoms with E-state index in [-0.39, 0.29) is 11.9 Å². The normalized spacial score (nSPS) is 12.6. The van der Waals surface area contributed by atoms with Crippen LogP contribution in [0.1, 0.15) is 28.4 Å². The summed E-state index contributed by atoms with van der Waals surface area (Å²) in [5.74, 6) is 0.274. The van der Waals surface area contributed by atoms with E-state index in [2.05, 4.69) is 4.98 Å². The second-order valence-corrected chi connectivity index (χ2v) is 6.32. The Hall–Kier alpha value is -1.98. The Balaban J connectivity index is 2.12. The van der Waals surface area contributed by atoms with Gasteiger partial charge in [-0.05, 0) is 74.8 Å². The van der Waals surface area contributed by atoms with Gasteiger partial charge in [-0.25, -0.2) is 9.37 Å². The van der Waals surface area contributed by atoms with Crippen molar-refractivity contribution in [1.82, 2.24) is 9.88 Å². The molecule has 1 heterocycles. The molecule has 0 aliphatic rings. The molecule has 2 aromatic rings. The Morgan fingerprint density at radius 3 is 2.52 bits per heavy atom. The zero-order chi connectivity index (χ0) is 17.0. The monoisotopic (exact) mass is 316 g/mol. The van der Waals surface area contributed by atoms with Gasteiger partial charge in [0.05, 0.1) is 0 Å². The zero-order valence-corrected chi connectivity index (χ0v) is 14.0. The van der Waals surface area contributed by atoms with Crippen LogP contribution in [-0.2, 0) is 12.8 Å². The van der Waals surface area contributed by atoms with Crippen molar-refractivity contribution in [3.63, 3.8) is 0 Å². The Morgan fingerprint density at radius 2 is 1.87 bits per heavy atom. The number of rotatable bonds is 6. The highest BCUT2D eigenvalue weighted by Crippen LogP contribution is 2.18. The number of anilines is 1. The molecular weight excluding hydrogens is 291 g/mol. The topological polar surface area (TPSA) is 68.2 Å². The summed E-state index contributed by atoms with van der Waals surface area (Å²) in [6, 6.07) is 8.70. The number of likely N-dealkylation sites (N-methyl/N-ethyl adjacent to an activating group) is 1. The van der Waals surface area contributed by atoms with Gasteiger partial charge in [0.2, 0.25) is 0 Å². The highest BCUT2D eigenvalue weighted by atomic mass is 19.1. The Kier molecular flexibility index (Phi) is 5.69. The average molecular weight is 316 g/mol. The molecule has 0 bridgehead atoms. The SMILES string of the molecule is Cc1cc(N)nc(CCc2cc(F)cc(C(N)CN(C)C)c2)c1. The van der Waals surface area contributed by atoms with Crippen LogP contribution in [-0.4, -0.2) is 30.5 Å². The summed E-state index contributed by atoms with van der Waals surface area (Å²) in [6.45, 7) is 2.67. The Bertz CT molecular complexity index is 650. The Labute approximate surface area is 137 Å². The van der Waals surface area contributed by atoms with Crippen LogP contribution >= 0.6 is 0 Å². The summed E-state index contributed by atoms with van der Waals surface area (Å²) in [5, 5.41) is 0. The number of nitrogen functional groups attached to an aromatic ring is 1. The van der Waals surface area contributed by atoms with E-state index in [1.807, 2.05) is 44.1 Å². The van der Waals surface area contributed by atoms with E-state index < -0.39 is 0 Å². The van der Waals surface area contributed by atoms with Crippen molar-refractivity contribution in [3.8, 4) is 0 Å². The first-order chi connectivity index (χ1) is 10.8. The maximum Gasteiger partial charge on any atom is 0.123 e. The molecule has 0 aliphatic heterocycles. The van der Waals surface area contributed by atoms with Crippen molar-refractivity contribution in [2.45, 2.75) is 25.8 Å². The van der Waals surface area contributed by atoms with Crippen LogP contribution < -0.4 is 11.5 Å². The number of benzene rings is 1. The second-order valence-electron chi connectivity index (χ2n) is 6.32. The fraction of sp³-hybridized carbons (Fsp3) is 0.389. The number of aromatic nitrogens is 1. The van der Waals surface area contributed by atoms with Crippen LogP contribution in [0.5, 0.6) is 0 Å². The predicted molar refractivity (Wildman–Crippen MR) is 92.7 cm³/mol. The van der Waals surface area contributed by atoms with Gasteiger partial charge in [0, 0.05) is 18.3 Å². The third-order valence-corrected chi connectivity index (χ3v) is 3.68. The van der Waals surface area contributed by atoms with Gasteiger partial charge in [0.1, 0.15) is 11.6 Å². The van der Waals surface area contributed by atoms with Crippen LogP contribution in [0.3, 0.4) is 0 Å². The number of nitrogens with two attached hydrogens (primary N) is 2. The molecule has 1 atom stereocenters. The number of pyridine rings is 1. The summed E-state index contributed by atoms with van der Waals surface area (Å²) >= 11 is 0. The van der Waals surface area contributed by atoms with Gasteiger partial charge in [-0.1, -0.05) is 6.07 Å². The van der Waals surface area contributed by atoms with Gasteiger partial charge in [0.15, 0.2) is 0 Å². The number of hydrogen-bond donors (Lipinski definition) is 2. The van der Waals surface area contributed by atoms with Crippen LogP contribution in [0.4, 0.5) is 10.2 Å². The third-order valence-electron chi connectivity index (χ3n) is 3.68. The van der Waals surface area contributed by atoms with Crippen LogP contribution in [0.25, 0.3) is 0 Å². The molecule has 4 N–H and O–H groups in total. The molecule has 124 valence electrons. The predicted octanol–water partition coefficient (Wildman–Crippen LogP) is 2.46. The zero-order valence-electron chi connectivity index (χ0n) is 14.0. The van der Waals surface area contributed by atoms with E-state index in [0.717, 1.165) is 28.8 Å². The minimum atomic E-state index is -0.247. The van der Waals surface area contributed by atoms with Crippen molar-refractivity contribution in [1.29, 1.82) is 0 Å². The Morgan fingerprint density at radius 1 is 1.13 bits per heavy atom. The fourth-order valence-electron chi connectivity index (χ4n) is 2.70. The molecule has 0 spiro atoms. The van der Waals surface area contributed by atoms with E-state index in [9.17, 15) is 4.39 Å². The molecule has 4 nitrogen and oxygen atoms in total. The van der Waals surface area contributed by atoms with Crippen LogP contribution in [0.2, 0.25) is 0 Å². The molecule has 1 unspecified atom stereocenters. The lowest BCUT2D eigenvalue weighted by Gasteiger charge is -2.18. The van der Waals surface area contributed by atoms with E-state index in [1.165, 1.54) is 6.07 Å². The summed E-state index contributed by atoms with van der Waals surface area (Å²) in [5.41, 5.74) is 15.7. The first-order valence-corrected chi connectivity index (χ1v) is 7.76. The highest BCUT2D eigenvalue weighted by Gasteiger charge is 2.10. The lowest BCUT2D eigenvalue weighted by atomic mass is 10.00. The maximum atomic E-state index is 13.9. The van der Waals surface area contributed by atoms with Crippen molar-refractivity contribution in [2.24, 2.45) is 5.73 Å². The number of halogens is 1. The summed E-state index contributed by atoms with van der Waals surface area (Å²) in [6.07, 6.45) is 1.42. The highest BCUT2D eigenvalue weighted by molar-refractivity contribution is 5.35. The molecule has 0 radical (unpaired) electrons. The van der Waals surface area contributed by atoms with E-state index in [1.54, 1.807) is 6.07 Å². The first-order valence-electron chi connectivity index (χ1n) is 7.76. The van der Waals surface area contributed by atoms with E-state index in [0.29, 0.717) is 18.8 Å². The molecule has 0 saturated heterocycles. The third kappa shape index (κ3) is 5.30. The fourth-order valence-corrected chi connectivity index (χ4v) is 2.70. The molecule has 0 amide bonds. The van der Waals surface area contributed by atoms with Gasteiger partial charge in [0.25, 0.3) is 0 Å². The summed E-state index contributed by atoms with van der Waals surface area (Å²) in [4.78, 5) is 6.32. The first kappa shape index (κ1) is 17.4. The molecule has 0 saturated carbocycles. The van der Waals surface area contributed by atoms with E-state index in [4.69, 9.17) is 11.5 Å². The molecule has 1 aromatic carbocycles. The van der Waals surface area contributed by atoms with Crippen molar-refractivity contribution >= 4 is 5.82 Å². The number of hydrogen-bond acceptors (Lipinski definition) is 4. The van der Waals surface area contributed by atoms with Crippen molar-refractivity contribution in [3.05, 3.63) is 58.5 Å². The van der Waals surface area contributed by atoms with Crippen LogP contribution in [0.15, 0.2) is 30.3 Å². The molecule has 0 aliphatic carbocycles. The van der Waals surface area contributed by atoms with Crippen molar-refractivity contribution < 1.29 is 4.39 Å². The van der Waals surface area contributed by atoms with Gasteiger partial charge < -0.3 is 16.4 Å². The summed E-state index contributed by atoms with van der Waals surface area (Å²) in [7, 11) is 3.90. The average Bonchev–Trinajstić information content (AvgIpc) is 2.43. The quantitative estimate of drug-likeness (QED) is 0.859. The minimum Gasteiger partial charge on any atom is -0.384 e. The minimum absolute atomic E-state index is 0.202. The molecule has 2 rings (SSSR count). The summed E-state index contributed by atoms with van der Waals surface area (Å²) < 4.78 is 13.9. The second kappa shape index (κ2) is 7.53. The van der Waals surface area contributed by atoms with Gasteiger partial charge in [-0.2, -0.15) is 0 Å². The van der Waals surface area contributed by atoms with Gasteiger partial charge in [-0.15, -0.1) is 0 Å². The number of nitrogens with zero attached hydrogens (tertiary/aromatic N) is 2. The standard InChI is InChI=1S/C18H25FN4/c1-12-6-16(22-18(21)7-12)5-4-13-8-14(10-15(19)9-13)17(20)11-23(2)3/h6-10,17H,4-5,11,20H2,1-3H3,(H2,21,22). The molecule has 1 aromatic heterocycles. The van der Waals surface area contributed by atoms with Gasteiger partial charge in [-0.3, -0.25) is 0 Å². The maximum absolute atomic E-state index is 13.9. The lowest BCUT2D eigenvalue weighted by molar-refractivity contribution is 0.376.